The Balaban J connectivity index is 2.29. The SMILES string of the molecule is CC(=O)N[C@H]1Cc2ccc(C)cc2C1=O. The van der Waals surface area contributed by atoms with Crippen molar-refractivity contribution in [1.29, 1.82) is 0 Å². The van der Waals surface area contributed by atoms with Crippen molar-refractivity contribution in [2.45, 2.75) is 26.3 Å². The fourth-order valence-electron chi connectivity index (χ4n) is 1.96. The number of rotatable bonds is 1. The zero-order valence-corrected chi connectivity index (χ0v) is 8.83. The second-order valence-electron chi connectivity index (χ2n) is 3.98. The Kier molecular flexibility index (Phi) is 2.31. The van der Waals surface area contributed by atoms with E-state index >= 15 is 0 Å². The van der Waals surface area contributed by atoms with Crippen LogP contribution < -0.4 is 5.32 Å². The van der Waals surface area contributed by atoms with Crippen LogP contribution in [-0.4, -0.2) is 17.7 Å². The summed E-state index contributed by atoms with van der Waals surface area (Å²) in [6, 6.07) is 5.48. The number of carbonyl (C=O) groups excluding carboxylic acids is 2. The standard InChI is InChI=1S/C12H13NO2/c1-7-3-4-9-6-11(13-8(2)14)12(15)10(9)5-7/h3-5,11H,6H2,1-2H3,(H,13,14)/t11-/m0/s1. The molecular formula is C12H13NO2. The van der Waals surface area contributed by atoms with Crippen molar-refractivity contribution in [3.05, 3.63) is 34.9 Å². The Bertz CT molecular complexity index is 437. The van der Waals surface area contributed by atoms with E-state index in [0.717, 1.165) is 16.7 Å². The third-order valence-corrected chi connectivity index (χ3v) is 2.65. The summed E-state index contributed by atoms with van der Waals surface area (Å²) in [7, 11) is 0. The second-order valence-corrected chi connectivity index (χ2v) is 3.98. The summed E-state index contributed by atoms with van der Waals surface area (Å²) in [6.07, 6.45) is 0.619. The number of hydrogen-bond acceptors (Lipinski definition) is 2. The molecule has 78 valence electrons. The average Bonchev–Trinajstić information content (AvgIpc) is 2.44. The summed E-state index contributed by atoms with van der Waals surface area (Å²) in [5.74, 6) is -0.123. The van der Waals surface area contributed by atoms with Gasteiger partial charge >= 0.3 is 0 Å². The second kappa shape index (κ2) is 3.50. The summed E-state index contributed by atoms with van der Waals surface area (Å²) in [6.45, 7) is 3.39. The fourth-order valence-corrected chi connectivity index (χ4v) is 1.96. The van der Waals surface area contributed by atoms with Crippen LogP contribution in [0.3, 0.4) is 0 Å². The Labute approximate surface area is 88.5 Å². The van der Waals surface area contributed by atoms with Crippen molar-refractivity contribution in [2.75, 3.05) is 0 Å². The zero-order chi connectivity index (χ0) is 11.0. The summed E-state index contributed by atoms with van der Waals surface area (Å²) >= 11 is 0. The molecular weight excluding hydrogens is 190 g/mol. The molecule has 0 bridgehead atoms. The van der Waals surface area contributed by atoms with Gasteiger partial charge in [-0.15, -0.1) is 0 Å². The van der Waals surface area contributed by atoms with E-state index in [1.165, 1.54) is 6.92 Å². The molecule has 0 unspecified atom stereocenters. The number of amides is 1. The highest BCUT2D eigenvalue weighted by Crippen LogP contribution is 2.23. The molecule has 0 saturated heterocycles. The van der Waals surface area contributed by atoms with E-state index in [-0.39, 0.29) is 17.7 Å². The van der Waals surface area contributed by atoms with E-state index in [1.807, 2.05) is 25.1 Å². The summed E-state index contributed by atoms with van der Waals surface area (Å²) < 4.78 is 0. The summed E-state index contributed by atoms with van der Waals surface area (Å²) in [4.78, 5) is 22.8. The Hall–Kier alpha value is -1.64. The van der Waals surface area contributed by atoms with Crippen LogP contribution in [0.5, 0.6) is 0 Å². The Morgan fingerprint density at radius 3 is 2.87 bits per heavy atom. The highest BCUT2D eigenvalue weighted by atomic mass is 16.2. The van der Waals surface area contributed by atoms with Crippen molar-refractivity contribution < 1.29 is 9.59 Å². The molecule has 0 saturated carbocycles. The van der Waals surface area contributed by atoms with Gasteiger partial charge in [0.05, 0.1) is 6.04 Å². The molecule has 1 amide bonds. The van der Waals surface area contributed by atoms with Crippen LogP contribution in [0.2, 0.25) is 0 Å². The van der Waals surface area contributed by atoms with E-state index in [1.54, 1.807) is 0 Å². The largest absolute Gasteiger partial charge is 0.346 e. The number of ketones is 1. The van der Waals surface area contributed by atoms with Crippen LogP contribution >= 0.6 is 0 Å². The van der Waals surface area contributed by atoms with Gasteiger partial charge < -0.3 is 5.32 Å². The van der Waals surface area contributed by atoms with Gasteiger partial charge in [-0.3, -0.25) is 9.59 Å². The molecule has 0 aliphatic heterocycles. The first kappa shape index (κ1) is 9.90. The first-order valence-corrected chi connectivity index (χ1v) is 4.99. The van der Waals surface area contributed by atoms with E-state index in [4.69, 9.17) is 0 Å². The molecule has 15 heavy (non-hydrogen) atoms. The van der Waals surface area contributed by atoms with Crippen LogP contribution in [-0.2, 0) is 11.2 Å². The fraction of sp³-hybridized carbons (Fsp3) is 0.333. The first-order chi connectivity index (χ1) is 7.08. The molecule has 1 aliphatic rings. The minimum atomic E-state index is -0.362. The molecule has 3 nitrogen and oxygen atoms in total. The Morgan fingerprint density at radius 1 is 1.47 bits per heavy atom. The van der Waals surface area contributed by atoms with E-state index in [9.17, 15) is 9.59 Å². The predicted molar refractivity (Wildman–Crippen MR) is 56.8 cm³/mol. The number of carbonyl (C=O) groups is 2. The third-order valence-electron chi connectivity index (χ3n) is 2.65. The van der Waals surface area contributed by atoms with Gasteiger partial charge in [-0.05, 0) is 18.6 Å². The van der Waals surface area contributed by atoms with Gasteiger partial charge in [-0.25, -0.2) is 0 Å². The van der Waals surface area contributed by atoms with Crippen LogP contribution in [0.1, 0.15) is 28.4 Å². The number of aryl methyl sites for hydroxylation is 1. The molecule has 2 rings (SSSR count). The monoisotopic (exact) mass is 203 g/mol. The number of nitrogens with one attached hydrogen (secondary N) is 1. The van der Waals surface area contributed by atoms with E-state index in [0.29, 0.717) is 6.42 Å². The molecule has 1 aromatic carbocycles. The van der Waals surface area contributed by atoms with E-state index < -0.39 is 0 Å². The maximum atomic E-state index is 11.9. The van der Waals surface area contributed by atoms with Gasteiger partial charge in [0.2, 0.25) is 5.91 Å². The normalized spacial score (nSPS) is 18.8. The first-order valence-electron chi connectivity index (χ1n) is 4.99. The highest BCUT2D eigenvalue weighted by Gasteiger charge is 2.30. The lowest BCUT2D eigenvalue weighted by atomic mass is 10.1. The lowest BCUT2D eigenvalue weighted by Gasteiger charge is -2.07. The topological polar surface area (TPSA) is 46.2 Å². The number of fused-ring (bicyclic) bond motifs is 1. The molecule has 3 heteroatoms. The van der Waals surface area contributed by atoms with Gasteiger partial charge in [-0.2, -0.15) is 0 Å². The molecule has 0 spiro atoms. The van der Waals surface area contributed by atoms with E-state index in [2.05, 4.69) is 5.32 Å². The molecule has 0 radical (unpaired) electrons. The van der Waals surface area contributed by atoms with Crippen LogP contribution in [0.4, 0.5) is 0 Å². The van der Waals surface area contributed by atoms with Crippen molar-refractivity contribution in [3.8, 4) is 0 Å². The number of hydrogen-bond donors (Lipinski definition) is 1. The number of Topliss-reactive ketones (excluding diaryl/α,β-unsaturated/α-hetero) is 1. The molecule has 0 aromatic heterocycles. The maximum absolute atomic E-state index is 11.9. The minimum Gasteiger partial charge on any atom is -0.346 e. The highest BCUT2D eigenvalue weighted by molar-refractivity contribution is 6.06. The van der Waals surface area contributed by atoms with Gasteiger partial charge in [0.25, 0.3) is 0 Å². The van der Waals surface area contributed by atoms with Crippen LogP contribution in [0.15, 0.2) is 18.2 Å². The lowest BCUT2D eigenvalue weighted by Crippen LogP contribution is -2.37. The maximum Gasteiger partial charge on any atom is 0.217 e. The summed E-state index contributed by atoms with van der Waals surface area (Å²) in [5.41, 5.74) is 2.86. The summed E-state index contributed by atoms with van der Waals surface area (Å²) in [5, 5.41) is 2.67. The Morgan fingerprint density at radius 2 is 2.20 bits per heavy atom. The molecule has 1 aliphatic carbocycles. The minimum absolute atomic E-state index is 0.0314. The quantitative estimate of drug-likeness (QED) is 0.746. The van der Waals surface area contributed by atoms with Crippen molar-refractivity contribution in [3.63, 3.8) is 0 Å². The van der Waals surface area contributed by atoms with Gasteiger partial charge in [0.15, 0.2) is 5.78 Å². The molecule has 1 atom stereocenters. The lowest BCUT2D eigenvalue weighted by molar-refractivity contribution is -0.119. The van der Waals surface area contributed by atoms with Crippen molar-refractivity contribution >= 4 is 11.7 Å². The van der Waals surface area contributed by atoms with Gasteiger partial charge in [0.1, 0.15) is 0 Å². The average molecular weight is 203 g/mol. The van der Waals surface area contributed by atoms with Gasteiger partial charge in [0, 0.05) is 18.9 Å². The molecule has 1 N–H and O–H groups in total. The third kappa shape index (κ3) is 1.77. The molecule has 0 heterocycles. The van der Waals surface area contributed by atoms with Crippen LogP contribution in [0, 0.1) is 6.92 Å². The van der Waals surface area contributed by atoms with Crippen LogP contribution in [0.25, 0.3) is 0 Å². The predicted octanol–water partition coefficient (Wildman–Crippen LogP) is 1.24. The molecule has 1 aromatic rings. The van der Waals surface area contributed by atoms with Crippen molar-refractivity contribution in [2.24, 2.45) is 0 Å². The zero-order valence-electron chi connectivity index (χ0n) is 8.83. The molecule has 0 fully saturated rings. The smallest absolute Gasteiger partial charge is 0.217 e. The van der Waals surface area contributed by atoms with Gasteiger partial charge in [-0.1, -0.05) is 17.7 Å². The number of benzene rings is 1. The van der Waals surface area contributed by atoms with Crippen molar-refractivity contribution in [1.82, 2.24) is 5.32 Å².